The van der Waals surface area contributed by atoms with Gasteiger partial charge in [-0.25, -0.2) is 13.8 Å². The van der Waals surface area contributed by atoms with Gasteiger partial charge >= 0.3 is 5.97 Å². The van der Waals surface area contributed by atoms with Crippen molar-refractivity contribution in [3.05, 3.63) is 69.5 Å². The van der Waals surface area contributed by atoms with Crippen LogP contribution in [0.2, 0.25) is 5.02 Å². The van der Waals surface area contributed by atoms with Crippen LogP contribution in [0.3, 0.4) is 0 Å². The van der Waals surface area contributed by atoms with Crippen LogP contribution < -0.4 is 5.32 Å². The summed E-state index contributed by atoms with van der Waals surface area (Å²) in [5, 5.41) is 20.7. The molecule has 2 aliphatic heterocycles. The third kappa shape index (κ3) is 5.64. The van der Waals surface area contributed by atoms with Crippen molar-refractivity contribution >= 4 is 29.2 Å². The number of carboxylic acids is 1. The van der Waals surface area contributed by atoms with E-state index in [-0.39, 0.29) is 35.5 Å². The molecule has 39 heavy (non-hydrogen) atoms. The van der Waals surface area contributed by atoms with E-state index in [1.54, 1.807) is 24.3 Å². The van der Waals surface area contributed by atoms with E-state index in [0.29, 0.717) is 61.9 Å². The molecule has 2 aliphatic rings. The molecule has 0 aliphatic carbocycles. The number of ether oxygens (including phenoxy) is 1. The standard InChI is InChI=1S/C28H32ClF2N5O3/c1-3-19-11-28(27(37)38,7-8-36(19)13-17-5-4-6-21(29)25(17)30)12-22-26(31)20(18-14-39-15-18)10-23(32-22)33-24-9-16(2)34-35-24/h4-6,9-10,18-19H,3,7-8,11-15H2,1-2H3,(H,37,38)(H2,32,33,34,35)/t19-,28-/m1/s1. The van der Waals surface area contributed by atoms with E-state index < -0.39 is 23.0 Å². The number of H-pyrrole nitrogens is 1. The molecule has 0 unspecified atom stereocenters. The summed E-state index contributed by atoms with van der Waals surface area (Å²) in [4.78, 5) is 19.4. The Labute approximate surface area is 230 Å². The van der Waals surface area contributed by atoms with Gasteiger partial charge < -0.3 is 15.2 Å². The van der Waals surface area contributed by atoms with Gasteiger partial charge in [0.15, 0.2) is 5.82 Å². The average molecular weight is 560 g/mol. The summed E-state index contributed by atoms with van der Waals surface area (Å²) < 4.78 is 35.8. The van der Waals surface area contributed by atoms with Crippen LogP contribution in [0.5, 0.6) is 0 Å². The lowest BCUT2D eigenvalue weighted by molar-refractivity contribution is -0.154. The molecular formula is C28H32ClF2N5O3. The fraction of sp³-hybridized carbons (Fsp3) is 0.464. The monoisotopic (exact) mass is 559 g/mol. The fourth-order valence-electron chi connectivity index (χ4n) is 5.58. The normalized spacial score (nSPS) is 22.0. The molecule has 0 spiro atoms. The summed E-state index contributed by atoms with van der Waals surface area (Å²) in [6, 6.07) is 8.23. The van der Waals surface area contributed by atoms with Gasteiger partial charge in [0.25, 0.3) is 0 Å². The van der Waals surface area contributed by atoms with E-state index in [9.17, 15) is 14.3 Å². The molecule has 0 amide bonds. The SMILES string of the molecule is CC[C@@H]1C[C@](Cc2nc(Nc3cc(C)[nH]n3)cc(C3COC3)c2F)(C(=O)O)CCN1Cc1cccc(Cl)c1F. The summed E-state index contributed by atoms with van der Waals surface area (Å²) in [5.74, 6) is -1.10. The van der Waals surface area contributed by atoms with E-state index in [2.05, 4.69) is 25.4 Å². The van der Waals surface area contributed by atoms with Crippen LogP contribution in [-0.4, -0.2) is 57.0 Å². The second kappa shape index (κ2) is 11.2. The number of carbonyl (C=O) groups is 1. The van der Waals surface area contributed by atoms with E-state index in [0.717, 1.165) is 5.69 Å². The molecule has 0 radical (unpaired) electrons. The lowest BCUT2D eigenvalue weighted by Gasteiger charge is -2.44. The number of halogens is 3. The van der Waals surface area contributed by atoms with Gasteiger partial charge in [0.05, 0.1) is 29.3 Å². The predicted octanol–water partition coefficient (Wildman–Crippen LogP) is 5.59. The molecule has 0 saturated carbocycles. The summed E-state index contributed by atoms with van der Waals surface area (Å²) >= 11 is 5.98. The molecule has 2 atom stereocenters. The third-order valence-corrected chi connectivity index (χ3v) is 8.24. The lowest BCUT2D eigenvalue weighted by Crippen LogP contribution is -2.50. The third-order valence-electron chi connectivity index (χ3n) is 7.95. The highest BCUT2D eigenvalue weighted by Gasteiger charge is 2.46. The van der Waals surface area contributed by atoms with Gasteiger partial charge in [-0.05, 0) is 44.9 Å². The van der Waals surface area contributed by atoms with Crippen molar-refractivity contribution in [2.24, 2.45) is 5.41 Å². The number of hydrogen-bond acceptors (Lipinski definition) is 6. The number of nitrogens with one attached hydrogen (secondary N) is 2. The Kier molecular flexibility index (Phi) is 7.89. The van der Waals surface area contributed by atoms with E-state index in [4.69, 9.17) is 16.3 Å². The number of nitrogens with zero attached hydrogens (tertiary/aromatic N) is 3. The van der Waals surface area contributed by atoms with Gasteiger partial charge in [-0.2, -0.15) is 5.10 Å². The molecule has 2 saturated heterocycles. The molecule has 2 fully saturated rings. The molecule has 208 valence electrons. The van der Waals surface area contributed by atoms with Crippen LogP contribution in [-0.2, 0) is 22.5 Å². The molecule has 11 heteroatoms. The Bertz CT molecular complexity index is 1360. The molecule has 4 heterocycles. The predicted molar refractivity (Wildman–Crippen MR) is 143 cm³/mol. The summed E-state index contributed by atoms with van der Waals surface area (Å²) in [7, 11) is 0. The smallest absolute Gasteiger partial charge is 0.310 e. The molecule has 0 bridgehead atoms. The highest BCUT2D eigenvalue weighted by Crippen LogP contribution is 2.41. The number of pyridine rings is 1. The van der Waals surface area contributed by atoms with Crippen molar-refractivity contribution in [3.63, 3.8) is 0 Å². The van der Waals surface area contributed by atoms with Gasteiger partial charge in [-0.3, -0.25) is 14.8 Å². The van der Waals surface area contributed by atoms with Crippen LogP contribution in [0.25, 0.3) is 0 Å². The van der Waals surface area contributed by atoms with E-state index in [1.165, 1.54) is 6.07 Å². The van der Waals surface area contributed by atoms with Crippen molar-refractivity contribution in [2.75, 3.05) is 25.1 Å². The summed E-state index contributed by atoms with van der Waals surface area (Å²) in [5.41, 5.74) is 0.680. The minimum atomic E-state index is -1.22. The molecule has 3 N–H and O–H groups in total. The highest BCUT2D eigenvalue weighted by atomic mass is 35.5. The summed E-state index contributed by atoms with van der Waals surface area (Å²) in [6.07, 6.45) is 1.18. The number of anilines is 2. The maximum atomic E-state index is 15.9. The maximum Gasteiger partial charge on any atom is 0.310 e. The minimum absolute atomic E-state index is 0.0558. The van der Waals surface area contributed by atoms with Gasteiger partial charge in [-0.15, -0.1) is 0 Å². The van der Waals surface area contributed by atoms with Gasteiger partial charge in [-0.1, -0.05) is 30.7 Å². The number of aromatic nitrogens is 3. The zero-order valence-electron chi connectivity index (χ0n) is 21.9. The topological polar surface area (TPSA) is 103 Å². The zero-order chi connectivity index (χ0) is 27.7. The minimum Gasteiger partial charge on any atom is -0.481 e. The van der Waals surface area contributed by atoms with Gasteiger partial charge in [0.2, 0.25) is 0 Å². The van der Waals surface area contributed by atoms with Crippen LogP contribution in [0.1, 0.15) is 54.6 Å². The van der Waals surface area contributed by atoms with Crippen molar-refractivity contribution in [1.82, 2.24) is 20.1 Å². The Balaban J connectivity index is 1.43. The van der Waals surface area contributed by atoms with Crippen LogP contribution >= 0.6 is 11.6 Å². The second-order valence-electron chi connectivity index (χ2n) is 10.6. The first-order chi connectivity index (χ1) is 18.7. The average Bonchev–Trinajstić information content (AvgIpc) is 3.28. The van der Waals surface area contributed by atoms with Crippen molar-refractivity contribution in [3.8, 4) is 0 Å². The second-order valence-corrected chi connectivity index (χ2v) is 11.0. The number of rotatable bonds is 9. The molecule has 3 aromatic rings. The Morgan fingerprint density at radius 3 is 2.72 bits per heavy atom. The molecule has 8 nitrogen and oxygen atoms in total. The molecule has 1 aromatic carbocycles. The number of carboxylic acid groups (broad SMARTS) is 1. The number of benzene rings is 1. The number of aryl methyl sites for hydroxylation is 1. The van der Waals surface area contributed by atoms with Gasteiger partial charge in [0.1, 0.15) is 17.5 Å². The number of piperidine rings is 1. The van der Waals surface area contributed by atoms with Crippen LogP contribution in [0.4, 0.5) is 20.4 Å². The quantitative estimate of drug-likeness (QED) is 0.314. The number of likely N-dealkylation sites (tertiary alicyclic amines) is 1. The molecular weight excluding hydrogens is 528 g/mol. The Morgan fingerprint density at radius 1 is 1.28 bits per heavy atom. The van der Waals surface area contributed by atoms with Crippen LogP contribution in [0.15, 0.2) is 30.3 Å². The van der Waals surface area contributed by atoms with Gasteiger partial charge in [0, 0.05) is 47.8 Å². The first kappa shape index (κ1) is 27.5. The highest BCUT2D eigenvalue weighted by molar-refractivity contribution is 6.30. The maximum absolute atomic E-state index is 15.9. The Hall–Kier alpha value is -3.08. The molecule has 5 rings (SSSR count). The first-order valence-electron chi connectivity index (χ1n) is 13.2. The van der Waals surface area contributed by atoms with Crippen LogP contribution in [0, 0.1) is 24.0 Å². The van der Waals surface area contributed by atoms with Crippen molar-refractivity contribution < 1.29 is 23.4 Å². The van der Waals surface area contributed by atoms with Crippen molar-refractivity contribution in [1.29, 1.82) is 0 Å². The number of aromatic amines is 1. The first-order valence-corrected chi connectivity index (χ1v) is 13.5. The van der Waals surface area contributed by atoms with E-state index >= 15 is 4.39 Å². The Morgan fingerprint density at radius 2 is 2.08 bits per heavy atom. The molecule has 2 aromatic heterocycles. The largest absolute Gasteiger partial charge is 0.481 e. The van der Waals surface area contributed by atoms with Crippen molar-refractivity contribution in [2.45, 2.75) is 58.0 Å². The zero-order valence-corrected chi connectivity index (χ0v) is 22.7. The number of hydrogen-bond donors (Lipinski definition) is 3. The fourth-order valence-corrected chi connectivity index (χ4v) is 5.78. The number of aliphatic carboxylic acids is 1. The van der Waals surface area contributed by atoms with E-state index in [1.807, 2.05) is 13.8 Å². The lowest BCUT2D eigenvalue weighted by atomic mass is 9.71. The summed E-state index contributed by atoms with van der Waals surface area (Å²) in [6.45, 7) is 5.39.